The SMILES string of the molecule is CCNC(=NCc1cccc(CN(C)C)c1)NCCc1nc(C(F)(F)F)cs1. The molecule has 0 radical (unpaired) electrons. The minimum Gasteiger partial charge on any atom is -0.357 e. The van der Waals surface area contributed by atoms with Gasteiger partial charge >= 0.3 is 6.18 Å². The lowest BCUT2D eigenvalue weighted by Gasteiger charge is -2.12. The molecule has 154 valence electrons. The van der Waals surface area contributed by atoms with Crippen LogP contribution in [0.4, 0.5) is 13.2 Å². The Hall–Kier alpha value is -2.13. The quantitative estimate of drug-likeness (QED) is 0.514. The molecule has 0 fully saturated rings. The summed E-state index contributed by atoms with van der Waals surface area (Å²) in [6.07, 6.45) is -3.98. The van der Waals surface area contributed by atoms with Crippen molar-refractivity contribution in [1.29, 1.82) is 0 Å². The molecule has 0 bridgehead atoms. The number of halogens is 3. The molecule has 1 aromatic heterocycles. The van der Waals surface area contributed by atoms with E-state index in [4.69, 9.17) is 0 Å². The number of benzene rings is 1. The van der Waals surface area contributed by atoms with E-state index in [2.05, 4.69) is 37.6 Å². The molecule has 0 aliphatic carbocycles. The van der Waals surface area contributed by atoms with Crippen molar-refractivity contribution in [2.45, 2.75) is 32.6 Å². The van der Waals surface area contributed by atoms with Gasteiger partial charge in [-0.1, -0.05) is 24.3 Å². The summed E-state index contributed by atoms with van der Waals surface area (Å²) in [5.41, 5.74) is 1.50. The molecular formula is C19H26F3N5S. The van der Waals surface area contributed by atoms with Crippen LogP contribution in [-0.4, -0.2) is 43.0 Å². The number of hydrogen-bond acceptors (Lipinski definition) is 4. The highest BCUT2D eigenvalue weighted by atomic mass is 32.1. The zero-order valence-corrected chi connectivity index (χ0v) is 17.1. The van der Waals surface area contributed by atoms with E-state index in [1.54, 1.807) is 0 Å². The first kappa shape index (κ1) is 22.2. The Morgan fingerprint density at radius 1 is 1.21 bits per heavy atom. The minimum atomic E-state index is -4.39. The van der Waals surface area contributed by atoms with Crippen LogP contribution >= 0.6 is 11.3 Å². The Bertz CT molecular complexity index is 771. The third kappa shape index (κ3) is 7.47. The van der Waals surface area contributed by atoms with E-state index in [1.165, 1.54) is 5.56 Å². The van der Waals surface area contributed by atoms with Crippen LogP contribution in [0.25, 0.3) is 0 Å². The van der Waals surface area contributed by atoms with Crippen LogP contribution < -0.4 is 10.6 Å². The lowest BCUT2D eigenvalue weighted by atomic mass is 10.1. The van der Waals surface area contributed by atoms with E-state index >= 15 is 0 Å². The normalized spacial score (nSPS) is 12.5. The van der Waals surface area contributed by atoms with Gasteiger partial charge in [0.1, 0.15) is 0 Å². The molecule has 0 saturated carbocycles. The second-order valence-electron chi connectivity index (χ2n) is 6.55. The largest absolute Gasteiger partial charge is 0.434 e. The van der Waals surface area contributed by atoms with Crippen molar-refractivity contribution in [2.75, 3.05) is 27.2 Å². The number of alkyl halides is 3. The summed E-state index contributed by atoms with van der Waals surface area (Å²) in [5, 5.41) is 7.80. The van der Waals surface area contributed by atoms with Crippen molar-refractivity contribution < 1.29 is 13.2 Å². The molecule has 0 aliphatic heterocycles. The predicted molar refractivity (Wildman–Crippen MR) is 107 cm³/mol. The van der Waals surface area contributed by atoms with Crippen LogP contribution in [0.3, 0.4) is 0 Å². The Labute approximate surface area is 167 Å². The zero-order chi connectivity index (χ0) is 20.6. The average molecular weight is 414 g/mol. The predicted octanol–water partition coefficient (Wildman–Crippen LogP) is 3.52. The second kappa shape index (κ2) is 10.4. The summed E-state index contributed by atoms with van der Waals surface area (Å²) in [7, 11) is 4.05. The summed E-state index contributed by atoms with van der Waals surface area (Å²) < 4.78 is 37.8. The Balaban J connectivity index is 1.91. The number of thiazole rings is 1. The van der Waals surface area contributed by atoms with Gasteiger partial charge in [0.05, 0.1) is 11.6 Å². The van der Waals surface area contributed by atoms with Crippen LogP contribution in [-0.2, 0) is 25.7 Å². The van der Waals surface area contributed by atoms with Crippen molar-refractivity contribution in [1.82, 2.24) is 20.5 Å². The van der Waals surface area contributed by atoms with E-state index in [9.17, 15) is 13.2 Å². The van der Waals surface area contributed by atoms with E-state index < -0.39 is 11.9 Å². The first-order valence-corrected chi connectivity index (χ1v) is 9.92. The molecule has 2 N–H and O–H groups in total. The molecule has 28 heavy (non-hydrogen) atoms. The summed E-state index contributed by atoms with van der Waals surface area (Å²) in [5.74, 6) is 0.633. The third-order valence-electron chi connectivity index (χ3n) is 3.73. The van der Waals surface area contributed by atoms with Crippen molar-refractivity contribution >= 4 is 17.3 Å². The molecule has 0 spiro atoms. The van der Waals surface area contributed by atoms with Gasteiger partial charge in [-0.3, -0.25) is 0 Å². The maximum absolute atomic E-state index is 12.6. The lowest BCUT2D eigenvalue weighted by molar-refractivity contribution is -0.140. The summed E-state index contributed by atoms with van der Waals surface area (Å²) in [6.45, 7) is 4.50. The van der Waals surface area contributed by atoms with Gasteiger partial charge in [0.25, 0.3) is 0 Å². The van der Waals surface area contributed by atoms with Crippen LogP contribution in [0.1, 0.15) is 28.8 Å². The second-order valence-corrected chi connectivity index (χ2v) is 7.50. The lowest BCUT2D eigenvalue weighted by Crippen LogP contribution is -2.38. The van der Waals surface area contributed by atoms with E-state index in [0.717, 1.165) is 28.8 Å². The maximum Gasteiger partial charge on any atom is 0.434 e. The fraction of sp³-hybridized carbons (Fsp3) is 0.474. The fourth-order valence-corrected chi connectivity index (χ4v) is 3.35. The summed E-state index contributed by atoms with van der Waals surface area (Å²) in [4.78, 5) is 10.3. The Kier molecular flexibility index (Phi) is 8.25. The topological polar surface area (TPSA) is 52.6 Å². The van der Waals surface area contributed by atoms with Crippen molar-refractivity contribution in [3.63, 3.8) is 0 Å². The monoisotopic (exact) mass is 413 g/mol. The van der Waals surface area contributed by atoms with E-state index in [1.807, 2.05) is 33.2 Å². The number of aromatic nitrogens is 1. The molecule has 1 aromatic carbocycles. The number of guanidine groups is 1. The molecule has 9 heteroatoms. The molecule has 2 rings (SSSR count). The van der Waals surface area contributed by atoms with Gasteiger partial charge in [0, 0.05) is 31.4 Å². The highest BCUT2D eigenvalue weighted by Crippen LogP contribution is 2.29. The number of hydrogen-bond donors (Lipinski definition) is 2. The molecule has 0 aliphatic rings. The van der Waals surface area contributed by atoms with E-state index in [0.29, 0.717) is 37.0 Å². The van der Waals surface area contributed by atoms with Crippen molar-refractivity contribution in [2.24, 2.45) is 4.99 Å². The van der Waals surface area contributed by atoms with E-state index in [-0.39, 0.29) is 0 Å². The van der Waals surface area contributed by atoms with Crippen LogP contribution in [0, 0.1) is 0 Å². The number of rotatable bonds is 8. The molecule has 1 heterocycles. The van der Waals surface area contributed by atoms with Crippen LogP contribution in [0.5, 0.6) is 0 Å². The molecule has 0 saturated heterocycles. The molecule has 5 nitrogen and oxygen atoms in total. The molecule has 0 atom stereocenters. The highest BCUT2D eigenvalue weighted by molar-refractivity contribution is 7.09. The van der Waals surface area contributed by atoms with Gasteiger partial charge < -0.3 is 15.5 Å². The zero-order valence-electron chi connectivity index (χ0n) is 16.3. The van der Waals surface area contributed by atoms with Crippen LogP contribution in [0.2, 0.25) is 0 Å². The Morgan fingerprint density at radius 2 is 1.96 bits per heavy atom. The van der Waals surface area contributed by atoms with Gasteiger partial charge in [-0.2, -0.15) is 13.2 Å². The summed E-state index contributed by atoms with van der Waals surface area (Å²) >= 11 is 1.02. The van der Waals surface area contributed by atoms with Crippen LogP contribution in [0.15, 0.2) is 34.6 Å². The van der Waals surface area contributed by atoms with Crippen molar-refractivity contribution in [3.05, 3.63) is 51.5 Å². The number of aliphatic imine (C=N–C) groups is 1. The number of nitrogens with zero attached hydrogens (tertiary/aromatic N) is 3. The smallest absolute Gasteiger partial charge is 0.357 e. The van der Waals surface area contributed by atoms with Gasteiger partial charge in [0.2, 0.25) is 0 Å². The molecule has 0 unspecified atom stereocenters. The van der Waals surface area contributed by atoms with Gasteiger partial charge in [-0.25, -0.2) is 9.98 Å². The van der Waals surface area contributed by atoms with Gasteiger partial charge in [-0.15, -0.1) is 11.3 Å². The summed E-state index contributed by atoms with van der Waals surface area (Å²) in [6, 6.07) is 8.26. The van der Waals surface area contributed by atoms with Crippen molar-refractivity contribution in [3.8, 4) is 0 Å². The average Bonchev–Trinajstić information content (AvgIpc) is 3.09. The first-order valence-electron chi connectivity index (χ1n) is 9.04. The standard InChI is InChI=1S/C19H26F3N5S/c1-4-23-18(24-9-8-17-26-16(13-28-17)19(20,21)22)25-11-14-6-5-7-15(10-14)12-27(2)3/h5-7,10,13H,4,8-9,11-12H2,1-3H3,(H2,23,24,25). The third-order valence-corrected chi connectivity index (χ3v) is 4.64. The number of nitrogens with one attached hydrogen (secondary N) is 2. The molecular weight excluding hydrogens is 387 g/mol. The van der Waals surface area contributed by atoms with Gasteiger partial charge in [-0.05, 0) is 32.1 Å². The Morgan fingerprint density at radius 3 is 2.61 bits per heavy atom. The first-order chi connectivity index (χ1) is 13.3. The minimum absolute atomic E-state index is 0.406. The molecule has 0 amide bonds. The highest BCUT2D eigenvalue weighted by Gasteiger charge is 2.33. The van der Waals surface area contributed by atoms with Gasteiger partial charge in [0.15, 0.2) is 11.7 Å². The maximum atomic E-state index is 12.6. The fourth-order valence-electron chi connectivity index (χ4n) is 2.55. The molecule has 2 aromatic rings.